The number of nitrogens with one attached hydrogen (secondary N) is 1. The van der Waals surface area contributed by atoms with E-state index in [0.29, 0.717) is 30.8 Å². The molecule has 0 spiro atoms. The van der Waals surface area contributed by atoms with Crippen molar-refractivity contribution in [3.63, 3.8) is 0 Å². The molecule has 0 radical (unpaired) electrons. The van der Waals surface area contributed by atoms with Crippen molar-refractivity contribution in [2.45, 2.75) is 38.1 Å². The van der Waals surface area contributed by atoms with Gasteiger partial charge in [-0.25, -0.2) is 0 Å². The first kappa shape index (κ1) is 20.4. The maximum atomic E-state index is 12.2. The van der Waals surface area contributed by atoms with Crippen molar-refractivity contribution in [2.75, 3.05) is 21.3 Å². The van der Waals surface area contributed by atoms with Gasteiger partial charge in [0.1, 0.15) is 0 Å². The first-order chi connectivity index (χ1) is 12.0. The van der Waals surface area contributed by atoms with E-state index in [9.17, 15) is 9.59 Å². The quantitative estimate of drug-likeness (QED) is 0.400. The molecule has 136 valence electrons. The number of unbranched alkanes of at least 4 members (excludes halogenated alkanes) is 2. The minimum Gasteiger partial charge on any atom is -0.493 e. The lowest BCUT2D eigenvalue weighted by Gasteiger charge is -2.19. The van der Waals surface area contributed by atoms with Crippen LogP contribution in [-0.4, -0.2) is 33.2 Å². The van der Waals surface area contributed by atoms with Crippen molar-refractivity contribution in [1.29, 1.82) is 0 Å². The minimum atomic E-state index is -0.507. The average molecular weight is 347 g/mol. The van der Waals surface area contributed by atoms with Gasteiger partial charge in [-0.1, -0.05) is 6.07 Å². The molecule has 1 aromatic rings. The van der Waals surface area contributed by atoms with Crippen LogP contribution in [0.25, 0.3) is 0 Å². The number of amides is 1. The first-order valence-corrected chi connectivity index (χ1v) is 8.07. The fourth-order valence-corrected chi connectivity index (χ4v) is 2.35. The van der Waals surface area contributed by atoms with Gasteiger partial charge in [-0.05, 0) is 30.5 Å². The largest absolute Gasteiger partial charge is 0.493 e. The van der Waals surface area contributed by atoms with Gasteiger partial charge in [0, 0.05) is 12.8 Å². The molecule has 25 heavy (non-hydrogen) atoms. The predicted octanol–water partition coefficient (Wildman–Crippen LogP) is 2.62. The van der Waals surface area contributed by atoms with Crippen LogP contribution in [-0.2, 0) is 14.3 Å². The zero-order chi connectivity index (χ0) is 18.7. The first-order valence-electron chi connectivity index (χ1n) is 8.07. The molecular weight excluding hydrogens is 322 g/mol. The van der Waals surface area contributed by atoms with Crippen molar-refractivity contribution in [3.8, 4) is 23.8 Å². The number of rotatable bonds is 10. The van der Waals surface area contributed by atoms with E-state index in [1.807, 2.05) is 0 Å². The smallest absolute Gasteiger partial charge is 0.307 e. The molecule has 0 aliphatic rings. The highest BCUT2D eigenvalue weighted by molar-refractivity contribution is 5.78. The van der Waals surface area contributed by atoms with Gasteiger partial charge in [-0.15, -0.1) is 12.3 Å². The summed E-state index contributed by atoms with van der Waals surface area (Å²) in [7, 11) is 4.39. The third kappa shape index (κ3) is 6.76. The molecule has 6 nitrogen and oxygen atoms in total. The van der Waals surface area contributed by atoms with Gasteiger partial charge < -0.3 is 19.5 Å². The summed E-state index contributed by atoms with van der Waals surface area (Å²) < 4.78 is 15.2. The second kappa shape index (κ2) is 11.0. The lowest BCUT2D eigenvalue weighted by molar-refractivity contribution is -0.141. The number of esters is 1. The highest BCUT2D eigenvalue weighted by atomic mass is 16.5. The van der Waals surface area contributed by atoms with E-state index in [4.69, 9.17) is 20.6 Å². The van der Waals surface area contributed by atoms with Crippen molar-refractivity contribution < 1.29 is 23.8 Å². The van der Waals surface area contributed by atoms with E-state index in [1.54, 1.807) is 25.3 Å². The van der Waals surface area contributed by atoms with Crippen molar-refractivity contribution in [3.05, 3.63) is 23.8 Å². The Kier molecular flexibility index (Phi) is 8.94. The average Bonchev–Trinajstić information content (AvgIpc) is 2.63. The molecule has 0 fully saturated rings. The Bertz CT molecular complexity index is 621. The van der Waals surface area contributed by atoms with Crippen LogP contribution in [0, 0.1) is 12.3 Å². The lowest BCUT2D eigenvalue weighted by atomic mass is 10.0. The van der Waals surface area contributed by atoms with Crippen LogP contribution in [0.2, 0.25) is 0 Å². The number of carbonyl (C=O) groups is 2. The molecule has 1 rings (SSSR count). The van der Waals surface area contributed by atoms with Gasteiger partial charge in [-0.2, -0.15) is 0 Å². The molecule has 0 heterocycles. The molecule has 6 heteroatoms. The van der Waals surface area contributed by atoms with Crippen LogP contribution in [0.4, 0.5) is 0 Å². The van der Waals surface area contributed by atoms with E-state index >= 15 is 0 Å². The number of carbonyl (C=O) groups excluding carboxylic acids is 2. The minimum absolute atomic E-state index is 0.0298. The Morgan fingerprint density at radius 1 is 1.16 bits per heavy atom. The second-order valence-electron chi connectivity index (χ2n) is 5.43. The summed E-state index contributed by atoms with van der Waals surface area (Å²) in [6, 6.07) is 4.75. The molecule has 0 saturated carbocycles. The molecule has 1 atom stereocenters. The highest BCUT2D eigenvalue weighted by Crippen LogP contribution is 2.31. The fourth-order valence-electron chi connectivity index (χ4n) is 2.35. The topological polar surface area (TPSA) is 73.9 Å². The summed E-state index contributed by atoms with van der Waals surface area (Å²) in [5, 5.41) is 2.88. The van der Waals surface area contributed by atoms with Crippen LogP contribution in [0.15, 0.2) is 18.2 Å². The molecule has 1 amide bonds. The molecule has 0 bridgehead atoms. The second-order valence-corrected chi connectivity index (χ2v) is 5.43. The van der Waals surface area contributed by atoms with Crippen LogP contribution in [0.5, 0.6) is 11.5 Å². The van der Waals surface area contributed by atoms with E-state index in [2.05, 4.69) is 11.2 Å². The molecule has 0 saturated heterocycles. The van der Waals surface area contributed by atoms with Crippen molar-refractivity contribution in [2.24, 2.45) is 0 Å². The Morgan fingerprint density at radius 3 is 2.48 bits per heavy atom. The van der Waals surface area contributed by atoms with Gasteiger partial charge in [0.05, 0.1) is 33.8 Å². The SMILES string of the molecule is C#CCCCCC(=O)NC(CC(=O)OC)c1ccc(OC)c(OC)c1. The van der Waals surface area contributed by atoms with Gasteiger partial charge in [0.2, 0.25) is 5.91 Å². The van der Waals surface area contributed by atoms with E-state index < -0.39 is 12.0 Å². The number of hydrogen-bond acceptors (Lipinski definition) is 5. The zero-order valence-electron chi connectivity index (χ0n) is 15.0. The summed E-state index contributed by atoms with van der Waals surface area (Å²) in [4.78, 5) is 23.9. The summed E-state index contributed by atoms with van der Waals surface area (Å²) in [5.74, 6) is 3.10. The van der Waals surface area contributed by atoms with E-state index in [1.165, 1.54) is 14.2 Å². The lowest BCUT2D eigenvalue weighted by Crippen LogP contribution is -2.30. The van der Waals surface area contributed by atoms with E-state index in [0.717, 1.165) is 12.0 Å². The van der Waals surface area contributed by atoms with Crippen molar-refractivity contribution in [1.82, 2.24) is 5.32 Å². The summed E-state index contributed by atoms with van der Waals surface area (Å²) in [6.07, 6.45) is 7.73. The summed E-state index contributed by atoms with van der Waals surface area (Å²) in [6.45, 7) is 0. The standard InChI is InChI=1S/C19H25NO5/c1-5-6-7-8-9-18(21)20-15(13-19(22)25-4)14-10-11-16(23-2)17(12-14)24-3/h1,10-12,15H,6-9,13H2,2-4H3,(H,20,21). The Hall–Kier alpha value is -2.68. The normalized spacial score (nSPS) is 11.1. The van der Waals surface area contributed by atoms with Gasteiger partial charge in [-0.3, -0.25) is 9.59 Å². The number of hydrogen-bond donors (Lipinski definition) is 1. The summed E-state index contributed by atoms with van der Waals surface area (Å²) in [5.41, 5.74) is 0.736. The Morgan fingerprint density at radius 2 is 1.88 bits per heavy atom. The molecule has 1 N–H and O–H groups in total. The number of methoxy groups -OCH3 is 3. The highest BCUT2D eigenvalue weighted by Gasteiger charge is 2.20. The number of terminal acetylenes is 1. The fraction of sp³-hybridized carbons (Fsp3) is 0.474. The number of ether oxygens (including phenoxy) is 3. The van der Waals surface area contributed by atoms with Gasteiger partial charge >= 0.3 is 5.97 Å². The number of benzene rings is 1. The van der Waals surface area contributed by atoms with Crippen molar-refractivity contribution >= 4 is 11.9 Å². The van der Waals surface area contributed by atoms with Gasteiger partial charge in [0.15, 0.2) is 11.5 Å². The molecule has 1 unspecified atom stereocenters. The Labute approximate surface area is 148 Å². The molecule has 0 aliphatic heterocycles. The molecule has 0 aliphatic carbocycles. The predicted molar refractivity (Wildman–Crippen MR) is 94.4 cm³/mol. The zero-order valence-corrected chi connectivity index (χ0v) is 15.0. The molecule has 1 aromatic carbocycles. The van der Waals surface area contributed by atoms with Crippen LogP contribution in [0.1, 0.15) is 43.7 Å². The van der Waals surface area contributed by atoms with Crippen LogP contribution in [0.3, 0.4) is 0 Å². The Balaban J connectivity index is 2.87. The van der Waals surface area contributed by atoms with Crippen LogP contribution >= 0.6 is 0 Å². The third-order valence-electron chi connectivity index (χ3n) is 3.72. The van der Waals surface area contributed by atoms with E-state index in [-0.39, 0.29) is 12.3 Å². The van der Waals surface area contributed by atoms with Gasteiger partial charge in [0.25, 0.3) is 0 Å². The molecular formula is C19H25NO5. The molecule has 0 aromatic heterocycles. The third-order valence-corrected chi connectivity index (χ3v) is 3.72. The van der Waals surface area contributed by atoms with Crippen LogP contribution < -0.4 is 14.8 Å². The maximum absolute atomic E-state index is 12.2. The summed E-state index contributed by atoms with van der Waals surface area (Å²) >= 11 is 0. The monoisotopic (exact) mass is 347 g/mol. The maximum Gasteiger partial charge on any atom is 0.307 e.